The molecule has 0 saturated heterocycles. The Bertz CT molecular complexity index is 406. The van der Waals surface area contributed by atoms with Gasteiger partial charge in [-0.05, 0) is 7.05 Å². The Labute approximate surface area is 104 Å². The molecule has 0 aliphatic carbocycles. The van der Waals surface area contributed by atoms with Gasteiger partial charge < -0.3 is 16.4 Å². The van der Waals surface area contributed by atoms with Crippen molar-refractivity contribution in [3.63, 3.8) is 0 Å². The average molecular weight is 282 g/mol. The van der Waals surface area contributed by atoms with Crippen molar-refractivity contribution in [2.45, 2.75) is 0 Å². The Kier molecular flexibility index (Phi) is 6.61. The van der Waals surface area contributed by atoms with Crippen molar-refractivity contribution < 1.29 is 18.0 Å². The minimum absolute atomic E-state index is 0.0453. The number of carbonyl (C=O) groups excluding carboxylic acids is 2. The highest BCUT2D eigenvalue weighted by Gasteiger charge is 2.14. The zero-order valence-electron chi connectivity index (χ0n) is 9.15. The molecule has 17 heavy (non-hydrogen) atoms. The SMILES string of the molecule is CNS(=O)(=O)CCNC(=O)C(=O)NCC(N)=S. The monoisotopic (exact) mass is 282 g/mol. The maximum atomic E-state index is 11.1. The Morgan fingerprint density at radius 2 is 1.76 bits per heavy atom. The van der Waals surface area contributed by atoms with Crippen molar-refractivity contribution in [3.05, 3.63) is 0 Å². The molecule has 98 valence electrons. The van der Waals surface area contributed by atoms with Crippen LogP contribution in [0.1, 0.15) is 0 Å². The molecule has 0 aromatic carbocycles. The smallest absolute Gasteiger partial charge is 0.309 e. The fourth-order valence-corrected chi connectivity index (χ4v) is 1.38. The standard InChI is InChI=1S/C7H14N4O4S2/c1-9-17(14,15)3-2-10-6(12)7(13)11-4-5(8)16/h9H,2-4H2,1H3,(H2,8,16)(H,10,12)(H,11,13). The molecule has 10 heteroatoms. The lowest BCUT2D eigenvalue weighted by Crippen LogP contribution is -2.44. The molecule has 0 radical (unpaired) electrons. The molecule has 0 atom stereocenters. The Hall–Kier alpha value is -1.26. The van der Waals surface area contributed by atoms with Crippen LogP contribution in [0.3, 0.4) is 0 Å². The van der Waals surface area contributed by atoms with Gasteiger partial charge in [-0.25, -0.2) is 13.1 Å². The van der Waals surface area contributed by atoms with Crippen LogP contribution in [0.25, 0.3) is 0 Å². The number of hydrogen-bond acceptors (Lipinski definition) is 5. The summed E-state index contributed by atoms with van der Waals surface area (Å²) in [4.78, 5) is 22.2. The highest BCUT2D eigenvalue weighted by molar-refractivity contribution is 7.89. The molecule has 5 N–H and O–H groups in total. The number of nitrogens with one attached hydrogen (secondary N) is 3. The van der Waals surface area contributed by atoms with Gasteiger partial charge in [-0.15, -0.1) is 0 Å². The highest BCUT2D eigenvalue weighted by atomic mass is 32.2. The number of carbonyl (C=O) groups is 2. The normalized spacial score (nSPS) is 10.6. The van der Waals surface area contributed by atoms with Crippen LogP contribution in [0.5, 0.6) is 0 Å². The predicted molar refractivity (Wildman–Crippen MR) is 65.7 cm³/mol. The molecule has 0 spiro atoms. The van der Waals surface area contributed by atoms with Crippen LogP contribution in [0.4, 0.5) is 0 Å². The van der Waals surface area contributed by atoms with Crippen molar-refractivity contribution in [1.82, 2.24) is 15.4 Å². The summed E-state index contributed by atoms with van der Waals surface area (Å²) in [5, 5.41) is 4.30. The van der Waals surface area contributed by atoms with E-state index in [0.717, 1.165) is 0 Å². The van der Waals surface area contributed by atoms with E-state index >= 15 is 0 Å². The zero-order valence-corrected chi connectivity index (χ0v) is 10.8. The molecule has 0 fully saturated rings. The van der Waals surface area contributed by atoms with E-state index in [2.05, 4.69) is 27.6 Å². The van der Waals surface area contributed by atoms with Crippen molar-refractivity contribution >= 4 is 39.0 Å². The lowest BCUT2D eigenvalue weighted by Gasteiger charge is -2.05. The molecular weight excluding hydrogens is 268 g/mol. The summed E-state index contributed by atoms with van der Waals surface area (Å²) in [6.45, 7) is -0.251. The highest BCUT2D eigenvalue weighted by Crippen LogP contribution is 1.79. The summed E-state index contributed by atoms with van der Waals surface area (Å²) in [6.07, 6.45) is 0. The first kappa shape index (κ1) is 15.7. The third-order valence-electron chi connectivity index (χ3n) is 1.60. The van der Waals surface area contributed by atoms with Crippen molar-refractivity contribution in [1.29, 1.82) is 0 Å². The summed E-state index contributed by atoms with van der Waals surface area (Å²) in [6, 6.07) is 0. The van der Waals surface area contributed by atoms with Crippen LogP contribution < -0.4 is 21.1 Å². The number of nitrogens with two attached hydrogens (primary N) is 1. The molecule has 0 unspecified atom stereocenters. The molecule has 0 aromatic rings. The molecule has 0 aliphatic heterocycles. The largest absolute Gasteiger partial charge is 0.392 e. The van der Waals surface area contributed by atoms with Gasteiger partial charge in [0, 0.05) is 6.54 Å². The molecule has 0 aliphatic rings. The van der Waals surface area contributed by atoms with E-state index in [4.69, 9.17) is 5.73 Å². The fourth-order valence-electron chi connectivity index (χ4n) is 0.729. The lowest BCUT2D eigenvalue weighted by atomic mass is 10.5. The molecule has 0 rings (SSSR count). The van der Waals surface area contributed by atoms with E-state index < -0.39 is 21.8 Å². The molecular formula is C7H14N4O4S2. The molecule has 2 amide bonds. The van der Waals surface area contributed by atoms with E-state index in [1.807, 2.05) is 0 Å². The van der Waals surface area contributed by atoms with Crippen LogP contribution >= 0.6 is 12.2 Å². The van der Waals surface area contributed by atoms with Gasteiger partial charge in [-0.3, -0.25) is 9.59 Å². The number of amides is 2. The first-order chi connectivity index (χ1) is 7.78. The van der Waals surface area contributed by atoms with Crippen LogP contribution in [-0.4, -0.2) is 51.1 Å². The van der Waals surface area contributed by atoms with Crippen molar-refractivity contribution in [3.8, 4) is 0 Å². The number of hydrogen-bond donors (Lipinski definition) is 4. The molecule has 0 bridgehead atoms. The third kappa shape index (κ3) is 7.60. The van der Waals surface area contributed by atoms with E-state index in [1.54, 1.807) is 0 Å². The van der Waals surface area contributed by atoms with Gasteiger partial charge in [0.25, 0.3) is 0 Å². The van der Waals surface area contributed by atoms with Crippen LogP contribution in [0, 0.1) is 0 Å². The maximum Gasteiger partial charge on any atom is 0.309 e. The fraction of sp³-hybridized carbons (Fsp3) is 0.571. The van der Waals surface area contributed by atoms with E-state index in [1.165, 1.54) is 7.05 Å². The Morgan fingerprint density at radius 1 is 1.24 bits per heavy atom. The second-order valence-electron chi connectivity index (χ2n) is 2.93. The van der Waals surface area contributed by atoms with E-state index in [-0.39, 0.29) is 23.8 Å². The summed E-state index contributed by atoms with van der Waals surface area (Å²) in [7, 11) is -2.15. The summed E-state index contributed by atoms with van der Waals surface area (Å²) in [5.74, 6) is -2.16. The van der Waals surface area contributed by atoms with E-state index in [0.29, 0.717) is 0 Å². The number of sulfonamides is 1. The second-order valence-corrected chi connectivity index (χ2v) is 5.50. The van der Waals surface area contributed by atoms with Gasteiger partial charge >= 0.3 is 11.8 Å². The topological polar surface area (TPSA) is 130 Å². The quantitative estimate of drug-likeness (QED) is 0.304. The summed E-state index contributed by atoms with van der Waals surface area (Å²) in [5.41, 5.74) is 5.11. The van der Waals surface area contributed by atoms with Gasteiger partial charge in [0.2, 0.25) is 10.0 Å². The zero-order chi connectivity index (χ0) is 13.5. The van der Waals surface area contributed by atoms with Crippen LogP contribution in [-0.2, 0) is 19.6 Å². The number of thiocarbonyl (C=S) groups is 1. The first-order valence-corrected chi connectivity index (χ1v) is 6.60. The van der Waals surface area contributed by atoms with Gasteiger partial charge in [0.05, 0.1) is 17.3 Å². The van der Waals surface area contributed by atoms with Gasteiger partial charge in [-0.2, -0.15) is 0 Å². The van der Waals surface area contributed by atoms with Gasteiger partial charge in [0.15, 0.2) is 0 Å². The second kappa shape index (κ2) is 7.14. The van der Waals surface area contributed by atoms with Crippen molar-refractivity contribution in [2.24, 2.45) is 5.73 Å². The summed E-state index contributed by atoms with van der Waals surface area (Å²) >= 11 is 4.50. The molecule has 0 heterocycles. The third-order valence-corrected chi connectivity index (χ3v) is 3.10. The molecule has 0 aromatic heterocycles. The van der Waals surface area contributed by atoms with Crippen LogP contribution in [0.15, 0.2) is 0 Å². The minimum atomic E-state index is -3.40. The molecule has 8 nitrogen and oxygen atoms in total. The minimum Gasteiger partial charge on any atom is -0.392 e. The van der Waals surface area contributed by atoms with Gasteiger partial charge in [-0.1, -0.05) is 12.2 Å². The van der Waals surface area contributed by atoms with E-state index in [9.17, 15) is 18.0 Å². The Balaban J connectivity index is 3.95. The molecule has 0 saturated carbocycles. The average Bonchev–Trinajstić information content (AvgIpc) is 2.25. The maximum absolute atomic E-state index is 11.1. The summed E-state index contributed by atoms with van der Waals surface area (Å²) < 4.78 is 24.0. The Morgan fingerprint density at radius 3 is 2.24 bits per heavy atom. The van der Waals surface area contributed by atoms with Crippen molar-refractivity contribution in [2.75, 3.05) is 25.9 Å². The number of rotatable bonds is 6. The van der Waals surface area contributed by atoms with Gasteiger partial charge in [0.1, 0.15) is 0 Å². The lowest BCUT2D eigenvalue weighted by molar-refractivity contribution is -0.138. The predicted octanol–water partition coefficient (Wildman–Crippen LogP) is -2.95. The van der Waals surface area contributed by atoms with Crippen LogP contribution in [0.2, 0.25) is 0 Å². The first-order valence-electron chi connectivity index (χ1n) is 4.54.